The molecule has 1 aliphatic heterocycles. The predicted octanol–water partition coefficient (Wildman–Crippen LogP) is 1.09. The van der Waals surface area contributed by atoms with Crippen LogP contribution in [-0.2, 0) is 14.3 Å². The lowest BCUT2D eigenvalue weighted by Crippen LogP contribution is -2.28. The topological polar surface area (TPSA) is 64.6 Å². The van der Waals surface area contributed by atoms with Crippen LogP contribution in [0, 0.1) is 5.92 Å². The molecule has 1 heterocycles. The quantitative estimate of drug-likeness (QED) is 0.655. The van der Waals surface area contributed by atoms with Crippen molar-refractivity contribution in [3.8, 4) is 5.75 Å². The molecule has 1 aromatic carbocycles. The summed E-state index contributed by atoms with van der Waals surface area (Å²) in [4.78, 5) is 23.6. The molecule has 0 radical (unpaired) electrons. The van der Waals surface area contributed by atoms with E-state index < -0.39 is 11.9 Å². The van der Waals surface area contributed by atoms with E-state index in [-0.39, 0.29) is 17.9 Å². The Labute approximate surface area is 111 Å². The van der Waals surface area contributed by atoms with E-state index in [1.807, 2.05) is 31.2 Å². The third-order valence-corrected chi connectivity index (χ3v) is 3.51. The monoisotopic (exact) mass is 263 g/mol. The molecule has 1 aliphatic rings. The lowest BCUT2D eigenvalue weighted by Gasteiger charge is -2.19. The van der Waals surface area contributed by atoms with Gasteiger partial charge in [-0.15, -0.1) is 0 Å². The molecule has 19 heavy (non-hydrogen) atoms. The number of carbonyl (C=O) groups is 2. The molecule has 1 saturated heterocycles. The molecular formula is C14H17NO4. The van der Waals surface area contributed by atoms with Crippen molar-refractivity contribution in [2.24, 2.45) is 5.92 Å². The SMILES string of the molecule is COC(=O)[C@@H]1C(=O)N[C@H](C)[C@H]1c1ccc(OC)cc1. The van der Waals surface area contributed by atoms with Gasteiger partial charge in [-0.25, -0.2) is 0 Å². The molecule has 0 saturated carbocycles. The van der Waals surface area contributed by atoms with E-state index in [4.69, 9.17) is 9.47 Å². The molecule has 5 heteroatoms. The molecule has 1 N–H and O–H groups in total. The van der Waals surface area contributed by atoms with Crippen molar-refractivity contribution in [2.45, 2.75) is 18.9 Å². The molecule has 0 bridgehead atoms. The summed E-state index contributed by atoms with van der Waals surface area (Å²) in [6, 6.07) is 7.27. The van der Waals surface area contributed by atoms with Crippen molar-refractivity contribution in [1.82, 2.24) is 5.32 Å². The zero-order chi connectivity index (χ0) is 14.0. The van der Waals surface area contributed by atoms with E-state index in [0.717, 1.165) is 11.3 Å². The van der Waals surface area contributed by atoms with Crippen LogP contribution in [0.5, 0.6) is 5.75 Å². The summed E-state index contributed by atoms with van der Waals surface area (Å²) in [5.41, 5.74) is 0.919. The van der Waals surface area contributed by atoms with E-state index in [2.05, 4.69) is 5.32 Å². The van der Waals surface area contributed by atoms with Gasteiger partial charge >= 0.3 is 5.97 Å². The fourth-order valence-corrected chi connectivity index (χ4v) is 2.54. The van der Waals surface area contributed by atoms with Gasteiger partial charge in [0.2, 0.25) is 5.91 Å². The van der Waals surface area contributed by atoms with Crippen molar-refractivity contribution in [3.05, 3.63) is 29.8 Å². The number of hydrogen-bond donors (Lipinski definition) is 1. The molecule has 1 aromatic rings. The number of benzene rings is 1. The van der Waals surface area contributed by atoms with E-state index in [1.165, 1.54) is 7.11 Å². The number of nitrogens with one attached hydrogen (secondary N) is 1. The Hall–Kier alpha value is -2.04. The van der Waals surface area contributed by atoms with Crippen LogP contribution < -0.4 is 10.1 Å². The first-order valence-corrected chi connectivity index (χ1v) is 6.10. The molecule has 1 fully saturated rings. The van der Waals surface area contributed by atoms with Gasteiger partial charge in [0.25, 0.3) is 0 Å². The van der Waals surface area contributed by atoms with Crippen molar-refractivity contribution in [2.75, 3.05) is 14.2 Å². The smallest absolute Gasteiger partial charge is 0.318 e. The van der Waals surface area contributed by atoms with Gasteiger partial charge in [0.15, 0.2) is 0 Å². The molecule has 0 aromatic heterocycles. The first-order chi connectivity index (χ1) is 9.08. The third-order valence-electron chi connectivity index (χ3n) is 3.51. The number of carbonyl (C=O) groups excluding carboxylic acids is 2. The van der Waals surface area contributed by atoms with Crippen LogP contribution in [0.25, 0.3) is 0 Å². The van der Waals surface area contributed by atoms with Gasteiger partial charge in [-0.3, -0.25) is 9.59 Å². The first kappa shape index (κ1) is 13.4. The molecule has 102 valence electrons. The number of esters is 1. The van der Waals surface area contributed by atoms with Crippen molar-refractivity contribution >= 4 is 11.9 Å². The predicted molar refractivity (Wildman–Crippen MR) is 68.8 cm³/mol. The highest BCUT2D eigenvalue weighted by molar-refractivity contribution is 6.01. The molecule has 0 unspecified atom stereocenters. The highest BCUT2D eigenvalue weighted by atomic mass is 16.5. The lowest BCUT2D eigenvalue weighted by molar-refractivity contribution is -0.149. The van der Waals surface area contributed by atoms with Crippen molar-refractivity contribution in [3.63, 3.8) is 0 Å². The van der Waals surface area contributed by atoms with Crippen molar-refractivity contribution < 1.29 is 19.1 Å². The van der Waals surface area contributed by atoms with Crippen LogP contribution in [0.15, 0.2) is 24.3 Å². The average Bonchev–Trinajstić information content (AvgIpc) is 2.72. The van der Waals surface area contributed by atoms with E-state index >= 15 is 0 Å². The zero-order valence-electron chi connectivity index (χ0n) is 11.2. The van der Waals surface area contributed by atoms with Gasteiger partial charge in [-0.05, 0) is 24.6 Å². The Morgan fingerprint density at radius 3 is 2.37 bits per heavy atom. The molecule has 1 amide bonds. The standard InChI is InChI=1S/C14H17NO4/c1-8-11(9-4-6-10(18-2)7-5-9)12(13(16)15-8)14(17)19-3/h4-8,11-12H,1-3H3,(H,15,16)/t8-,11+,12+/m1/s1. The maximum atomic E-state index is 11.9. The van der Waals surface area contributed by atoms with Gasteiger partial charge in [-0.2, -0.15) is 0 Å². The van der Waals surface area contributed by atoms with Crippen LogP contribution >= 0.6 is 0 Å². The van der Waals surface area contributed by atoms with Gasteiger partial charge in [0.05, 0.1) is 14.2 Å². The summed E-state index contributed by atoms with van der Waals surface area (Å²) in [5, 5.41) is 2.79. The Morgan fingerprint density at radius 1 is 1.21 bits per heavy atom. The first-order valence-electron chi connectivity index (χ1n) is 6.10. The Balaban J connectivity index is 2.33. The van der Waals surface area contributed by atoms with Crippen molar-refractivity contribution in [1.29, 1.82) is 0 Å². The van der Waals surface area contributed by atoms with E-state index in [0.29, 0.717) is 0 Å². The molecule has 3 atom stereocenters. The summed E-state index contributed by atoms with van der Waals surface area (Å²) in [6.45, 7) is 1.88. The minimum atomic E-state index is -0.784. The maximum absolute atomic E-state index is 11.9. The fourth-order valence-electron chi connectivity index (χ4n) is 2.54. The van der Waals surface area contributed by atoms with Crippen LogP contribution in [0.2, 0.25) is 0 Å². The highest BCUT2D eigenvalue weighted by Gasteiger charge is 2.46. The summed E-state index contributed by atoms with van der Waals surface area (Å²) in [5.74, 6) is -1.04. The lowest BCUT2D eigenvalue weighted by atomic mass is 9.84. The fraction of sp³-hybridized carbons (Fsp3) is 0.429. The molecule has 0 spiro atoms. The minimum Gasteiger partial charge on any atom is -0.497 e. The van der Waals surface area contributed by atoms with Crippen LogP contribution in [0.1, 0.15) is 18.4 Å². The number of hydrogen-bond acceptors (Lipinski definition) is 4. The molecule has 5 nitrogen and oxygen atoms in total. The number of methoxy groups -OCH3 is 2. The largest absolute Gasteiger partial charge is 0.497 e. The Morgan fingerprint density at radius 2 is 1.84 bits per heavy atom. The summed E-state index contributed by atoms with van der Waals surface area (Å²) >= 11 is 0. The second kappa shape index (κ2) is 5.30. The third kappa shape index (κ3) is 2.41. The van der Waals surface area contributed by atoms with Crippen LogP contribution in [0.4, 0.5) is 0 Å². The summed E-state index contributed by atoms with van der Waals surface area (Å²) in [7, 11) is 2.89. The Bertz CT molecular complexity index is 475. The molecule has 0 aliphatic carbocycles. The second-order valence-electron chi connectivity index (χ2n) is 4.60. The maximum Gasteiger partial charge on any atom is 0.318 e. The van der Waals surface area contributed by atoms with Gasteiger partial charge < -0.3 is 14.8 Å². The van der Waals surface area contributed by atoms with E-state index in [9.17, 15) is 9.59 Å². The number of rotatable bonds is 3. The normalized spacial score (nSPS) is 25.8. The van der Waals surface area contributed by atoms with Crippen LogP contribution in [0.3, 0.4) is 0 Å². The number of ether oxygens (including phenoxy) is 2. The minimum absolute atomic E-state index is 0.106. The molecule has 2 rings (SSSR count). The van der Waals surface area contributed by atoms with E-state index in [1.54, 1.807) is 7.11 Å². The average molecular weight is 263 g/mol. The van der Waals surface area contributed by atoms with Gasteiger partial charge in [-0.1, -0.05) is 12.1 Å². The zero-order valence-corrected chi connectivity index (χ0v) is 11.2. The van der Waals surface area contributed by atoms with Crippen LogP contribution in [-0.4, -0.2) is 32.1 Å². The summed E-state index contributed by atoms with van der Waals surface area (Å²) < 4.78 is 9.83. The number of amides is 1. The summed E-state index contributed by atoms with van der Waals surface area (Å²) in [6.07, 6.45) is 0. The van der Waals surface area contributed by atoms with Gasteiger partial charge in [0.1, 0.15) is 11.7 Å². The molecular weight excluding hydrogens is 246 g/mol. The Kier molecular flexibility index (Phi) is 3.74. The second-order valence-corrected chi connectivity index (χ2v) is 4.60. The van der Waals surface area contributed by atoms with Gasteiger partial charge in [0, 0.05) is 12.0 Å². The highest BCUT2D eigenvalue weighted by Crippen LogP contribution is 2.35.